The third kappa shape index (κ3) is 7.21. The fourth-order valence-corrected chi connectivity index (χ4v) is 2.41. The Morgan fingerprint density at radius 2 is 1.82 bits per heavy atom. The second kappa shape index (κ2) is 10.5. The van der Waals surface area contributed by atoms with Gasteiger partial charge in [-0.1, -0.05) is 70.0 Å². The lowest BCUT2D eigenvalue weighted by Crippen LogP contribution is -2.45. The second-order valence-corrected chi connectivity index (χ2v) is 6.16. The Hall–Kier alpha value is -1.16. The summed E-state index contributed by atoms with van der Waals surface area (Å²) < 4.78 is 0. The van der Waals surface area contributed by atoms with E-state index >= 15 is 0 Å². The lowest BCUT2D eigenvalue weighted by Gasteiger charge is -2.22. The predicted molar refractivity (Wildman–Crippen MR) is 93.9 cm³/mol. The smallest absolute Gasteiger partial charge is 0.0899 e. The van der Waals surface area contributed by atoms with Crippen LogP contribution in [0.2, 0.25) is 0 Å². The molecule has 0 aromatic heterocycles. The highest BCUT2D eigenvalue weighted by Crippen LogP contribution is 2.11. The molecule has 22 heavy (non-hydrogen) atoms. The van der Waals surface area contributed by atoms with E-state index in [9.17, 15) is 10.2 Å². The zero-order valence-corrected chi connectivity index (χ0v) is 14.1. The van der Waals surface area contributed by atoms with E-state index in [4.69, 9.17) is 0 Å². The maximum atomic E-state index is 10.1. The molecule has 3 N–H and O–H groups in total. The molecule has 0 spiro atoms. The number of hydrogen-bond acceptors (Lipinski definition) is 3. The first kappa shape index (κ1) is 18.9. The number of hydrogen-bond donors (Lipinski definition) is 3. The maximum absolute atomic E-state index is 10.1. The summed E-state index contributed by atoms with van der Waals surface area (Å²) in [5.41, 5.74) is 2.43. The van der Waals surface area contributed by atoms with Crippen molar-refractivity contribution in [2.75, 3.05) is 6.61 Å². The molecule has 3 heteroatoms. The van der Waals surface area contributed by atoms with Crippen LogP contribution in [0.1, 0.15) is 51.2 Å². The molecule has 0 saturated carbocycles. The van der Waals surface area contributed by atoms with Gasteiger partial charge in [-0.3, -0.25) is 0 Å². The fourth-order valence-electron chi connectivity index (χ4n) is 2.41. The van der Waals surface area contributed by atoms with Gasteiger partial charge in [0, 0.05) is 6.04 Å². The Kier molecular flexibility index (Phi) is 9.05. The zero-order valence-electron chi connectivity index (χ0n) is 14.1. The van der Waals surface area contributed by atoms with E-state index in [0.29, 0.717) is 0 Å². The highest BCUT2D eigenvalue weighted by atomic mass is 16.3. The summed E-state index contributed by atoms with van der Waals surface area (Å²) in [7, 11) is 0. The van der Waals surface area contributed by atoms with Gasteiger partial charge in [-0.25, -0.2) is 0 Å². The molecule has 0 aliphatic carbocycles. The maximum Gasteiger partial charge on any atom is 0.0899 e. The third-order valence-electron chi connectivity index (χ3n) is 3.69. The SMILES string of the molecule is CCCCCc1ccc(/C=C/[C@H](O)[C@@H](CO)NC(C)C)cc1. The van der Waals surface area contributed by atoms with Gasteiger partial charge in [0.15, 0.2) is 0 Å². The molecular formula is C19H31NO2. The molecular weight excluding hydrogens is 274 g/mol. The van der Waals surface area contributed by atoms with Crippen LogP contribution in [0.15, 0.2) is 30.3 Å². The van der Waals surface area contributed by atoms with E-state index in [1.54, 1.807) is 6.08 Å². The van der Waals surface area contributed by atoms with E-state index in [1.807, 2.05) is 19.9 Å². The molecule has 0 aliphatic rings. The van der Waals surface area contributed by atoms with E-state index in [1.165, 1.54) is 24.8 Å². The molecule has 124 valence electrons. The van der Waals surface area contributed by atoms with Crippen LogP contribution in [0.25, 0.3) is 6.08 Å². The zero-order chi connectivity index (χ0) is 16.4. The summed E-state index contributed by atoms with van der Waals surface area (Å²) in [6.07, 6.45) is 7.84. The van der Waals surface area contributed by atoms with Crippen LogP contribution < -0.4 is 5.32 Å². The summed E-state index contributed by atoms with van der Waals surface area (Å²) in [6.45, 7) is 6.12. The number of rotatable bonds is 10. The number of aryl methyl sites for hydroxylation is 1. The van der Waals surface area contributed by atoms with Crippen LogP contribution in [0.5, 0.6) is 0 Å². The van der Waals surface area contributed by atoms with Crippen LogP contribution in [0, 0.1) is 0 Å². The standard InChI is InChI=1S/C19H31NO2/c1-4-5-6-7-16-8-10-17(11-9-16)12-13-19(22)18(14-21)20-15(2)3/h8-13,15,18-22H,4-7,14H2,1-3H3/b13-12+/t18-,19+/m1/s1. The van der Waals surface area contributed by atoms with Crippen LogP contribution in [0.4, 0.5) is 0 Å². The molecule has 0 heterocycles. The minimum atomic E-state index is -0.698. The van der Waals surface area contributed by atoms with Crippen LogP contribution in [-0.2, 0) is 6.42 Å². The van der Waals surface area contributed by atoms with Gasteiger partial charge in [0.25, 0.3) is 0 Å². The first-order valence-electron chi connectivity index (χ1n) is 8.39. The normalized spacial score (nSPS) is 14.6. The van der Waals surface area contributed by atoms with Crippen molar-refractivity contribution in [3.05, 3.63) is 41.5 Å². The lowest BCUT2D eigenvalue weighted by molar-refractivity contribution is 0.119. The van der Waals surface area contributed by atoms with Gasteiger partial charge in [0.05, 0.1) is 18.8 Å². The Morgan fingerprint density at radius 3 is 2.36 bits per heavy atom. The second-order valence-electron chi connectivity index (χ2n) is 6.16. The van der Waals surface area contributed by atoms with Crippen molar-refractivity contribution >= 4 is 6.08 Å². The Labute approximate surface area is 135 Å². The molecule has 1 rings (SSSR count). The van der Waals surface area contributed by atoms with Gasteiger partial charge in [-0.2, -0.15) is 0 Å². The van der Waals surface area contributed by atoms with E-state index in [-0.39, 0.29) is 18.7 Å². The van der Waals surface area contributed by atoms with Gasteiger partial charge in [0.1, 0.15) is 0 Å². The number of nitrogens with one attached hydrogen (secondary N) is 1. The van der Waals surface area contributed by atoms with Crippen molar-refractivity contribution in [2.45, 2.75) is 64.6 Å². The average molecular weight is 305 g/mol. The van der Waals surface area contributed by atoms with Gasteiger partial charge in [-0.15, -0.1) is 0 Å². The van der Waals surface area contributed by atoms with E-state index in [0.717, 1.165) is 12.0 Å². The Bertz CT molecular complexity index is 426. The quantitative estimate of drug-likeness (QED) is 0.582. The average Bonchev–Trinajstić information content (AvgIpc) is 2.51. The van der Waals surface area contributed by atoms with Crippen molar-refractivity contribution in [1.29, 1.82) is 0 Å². The molecule has 1 aromatic carbocycles. The molecule has 0 aliphatic heterocycles. The highest BCUT2D eigenvalue weighted by Gasteiger charge is 2.15. The molecule has 0 fully saturated rings. The van der Waals surface area contributed by atoms with E-state index in [2.05, 4.69) is 36.5 Å². The number of aliphatic hydroxyl groups is 2. The lowest BCUT2D eigenvalue weighted by atomic mass is 10.0. The molecule has 0 unspecified atom stereocenters. The molecule has 1 aromatic rings. The highest BCUT2D eigenvalue weighted by molar-refractivity contribution is 5.50. The predicted octanol–water partition coefficient (Wildman–Crippen LogP) is 3.15. The third-order valence-corrected chi connectivity index (χ3v) is 3.69. The topological polar surface area (TPSA) is 52.5 Å². The van der Waals surface area contributed by atoms with Crippen molar-refractivity contribution in [3.8, 4) is 0 Å². The fraction of sp³-hybridized carbons (Fsp3) is 0.579. The number of unbranched alkanes of at least 4 members (excludes halogenated alkanes) is 2. The van der Waals surface area contributed by atoms with Crippen LogP contribution in [-0.4, -0.2) is 35.0 Å². The van der Waals surface area contributed by atoms with Crippen molar-refractivity contribution in [2.24, 2.45) is 0 Å². The minimum Gasteiger partial charge on any atom is -0.395 e. The summed E-state index contributed by atoms with van der Waals surface area (Å²) in [5, 5.41) is 22.6. The summed E-state index contributed by atoms with van der Waals surface area (Å²) in [5.74, 6) is 0. The molecule has 0 bridgehead atoms. The summed E-state index contributed by atoms with van der Waals surface area (Å²) >= 11 is 0. The van der Waals surface area contributed by atoms with Crippen LogP contribution in [0.3, 0.4) is 0 Å². The van der Waals surface area contributed by atoms with Crippen LogP contribution >= 0.6 is 0 Å². The first-order valence-corrected chi connectivity index (χ1v) is 8.39. The van der Waals surface area contributed by atoms with Crippen molar-refractivity contribution in [3.63, 3.8) is 0 Å². The molecule has 0 radical (unpaired) electrons. The Morgan fingerprint density at radius 1 is 1.14 bits per heavy atom. The van der Waals surface area contributed by atoms with Crippen molar-refractivity contribution in [1.82, 2.24) is 5.32 Å². The van der Waals surface area contributed by atoms with Gasteiger partial charge < -0.3 is 15.5 Å². The van der Waals surface area contributed by atoms with Crippen molar-refractivity contribution < 1.29 is 10.2 Å². The van der Waals surface area contributed by atoms with Gasteiger partial charge >= 0.3 is 0 Å². The van der Waals surface area contributed by atoms with Gasteiger partial charge in [-0.05, 0) is 24.0 Å². The number of benzene rings is 1. The molecule has 2 atom stereocenters. The molecule has 3 nitrogen and oxygen atoms in total. The molecule has 0 saturated heterocycles. The first-order chi connectivity index (χ1) is 10.6. The molecule has 0 amide bonds. The minimum absolute atomic E-state index is 0.0833. The summed E-state index contributed by atoms with van der Waals surface area (Å²) in [6, 6.07) is 8.35. The largest absolute Gasteiger partial charge is 0.395 e. The number of aliphatic hydroxyl groups excluding tert-OH is 2. The monoisotopic (exact) mass is 305 g/mol. The Balaban J connectivity index is 2.54. The summed E-state index contributed by atoms with van der Waals surface area (Å²) in [4.78, 5) is 0. The van der Waals surface area contributed by atoms with E-state index < -0.39 is 6.10 Å². The van der Waals surface area contributed by atoms with Gasteiger partial charge in [0.2, 0.25) is 0 Å².